The van der Waals surface area contributed by atoms with Crippen LogP contribution in [0, 0.1) is 0 Å². The summed E-state index contributed by atoms with van der Waals surface area (Å²) in [6, 6.07) is 0.362. The van der Waals surface area contributed by atoms with E-state index in [4.69, 9.17) is 5.73 Å². The molecule has 1 heterocycles. The number of nitrogens with two attached hydrogens (primary N) is 1. The second kappa shape index (κ2) is 4.52. The van der Waals surface area contributed by atoms with E-state index in [0.29, 0.717) is 6.04 Å². The van der Waals surface area contributed by atoms with Crippen molar-refractivity contribution in [2.24, 2.45) is 5.73 Å². The van der Waals surface area contributed by atoms with Crippen LogP contribution in [0.1, 0.15) is 19.8 Å². The second-order valence-electron chi connectivity index (χ2n) is 3.19. The zero-order valence-electron chi connectivity index (χ0n) is 7.29. The van der Waals surface area contributed by atoms with Gasteiger partial charge in [0, 0.05) is 25.7 Å². The van der Waals surface area contributed by atoms with E-state index in [1.165, 1.54) is 13.0 Å². The Labute approximate surface area is 69.1 Å². The molecule has 0 aliphatic carbocycles. The zero-order valence-corrected chi connectivity index (χ0v) is 7.29. The van der Waals surface area contributed by atoms with Gasteiger partial charge in [0.05, 0.1) is 0 Å². The SMILES string of the molecule is CCC(N)CN1CC=CCC1. The molecule has 0 saturated carbocycles. The van der Waals surface area contributed by atoms with Crippen LogP contribution in [0.5, 0.6) is 0 Å². The third kappa shape index (κ3) is 3.04. The van der Waals surface area contributed by atoms with E-state index in [0.717, 1.165) is 19.5 Å². The standard InChI is InChI=1S/C9H18N2/c1-2-9(10)8-11-6-4-3-5-7-11/h3-4,9H,2,5-8,10H2,1H3. The summed E-state index contributed by atoms with van der Waals surface area (Å²) in [4.78, 5) is 2.41. The molecular formula is C9H18N2. The van der Waals surface area contributed by atoms with Gasteiger partial charge in [0.15, 0.2) is 0 Å². The van der Waals surface area contributed by atoms with E-state index < -0.39 is 0 Å². The summed E-state index contributed by atoms with van der Waals surface area (Å²) in [5.41, 5.74) is 5.84. The lowest BCUT2D eigenvalue weighted by Crippen LogP contribution is -2.38. The Morgan fingerprint density at radius 3 is 2.91 bits per heavy atom. The fraction of sp³-hybridized carbons (Fsp3) is 0.778. The van der Waals surface area contributed by atoms with Crippen molar-refractivity contribution in [3.8, 4) is 0 Å². The summed E-state index contributed by atoms with van der Waals surface area (Å²) < 4.78 is 0. The molecule has 0 aromatic heterocycles. The highest BCUT2D eigenvalue weighted by molar-refractivity contribution is 4.91. The molecule has 1 aliphatic rings. The Morgan fingerprint density at radius 2 is 2.36 bits per heavy atom. The van der Waals surface area contributed by atoms with Gasteiger partial charge in [-0.3, -0.25) is 4.90 Å². The lowest BCUT2D eigenvalue weighted by molar-refractivity contribution is 0.276. The van der Waals surface area contributed by atoms with E-state index in [1.54, 1.807) is 0 Å². The number of nitrogens with zero attached hydrogens (tertiary/aromatic N) is 1. The van der Waals surface area contributed by atoms with Gasteiger partial charge in [0.25, 0.3) is 0 Å². The van der Waals surface area contributed by atoms with E-state index in [1.807, 2.05) is 0 Å². The van der Waals surface area contributed by atoms with Crippen LogP contribution in [0.3, 0.4) is 0 Å². The highest BCUT2D eigenvalue weighted by Crippen LogP contribution is 2.02. The Balaban J connectivity index is 2.20. The summed E-state index contributed by atoms with van der Waals surface area (Å²) in [7, 11) is 0. The Kier molecular flexibility index (Phi) is 3.60. The normalized spacial score (nSPS) is 22.0. The molecule has 0 aromatic carbocycles. The lowest BCUT2D eigenvalue weighted by atomic mass is 10.2. The molecule has 1 unspecified atom stereocenters. The first kappa shape index (κ1) is 8.75. The van der Waals surface area contributed by atoms with Gasteiger partial charge in [-0.2, -0.15) is 0 Å². The van der Waals surface area contributed by atoms with Crippen LogP contribution < -0.4 is 5.73 Å². The predicted octanol–water partition coefficient (Wildman–Crippen LogP) is 0.986. The van der Waals surface area contributed by atoms with E-state index in [2.05, 4.69) is 24.0 Å². The van der Waals surface area contributed by atoms with Crippen molar-refractivity contribution >= 4 is 0 Å². The van der Waals surface area contributed by atoms with Crippen LogP contribution in [-0.2, 0) is 0 Å². The molecule has 0 bridgehead atoms. The minimum atomic E-state index is 0.362. The van der Waals surface area contributed by atoms with Crippen LogP contribution in [-0.4, -0.2) is 30.6 Å². The van der Waals surface area contributed by atoms with E-state index >= 15 is 0 Å². The topological polar surface area (TPSA) is 29.3 Å². The Morgan fingerprint density at radius 1 is 1.55 bits per heavy atom. The maximum atomic E-state index is 5.84. The number of rotatable bonds is 3. The van der Waals surface area contributed by atoms with Crippen LogP contribution in [0.15, 0.2) is 12.2 Å². The molecule has 1 aliphatic heterocycles. The molecule has 0 spiro atoms. The zero-order chi connectivity index (χ0) is 8.10. The van der Waals surface area contributed by atoms with Crippen molar-refractivity contribution in [3.05, 3.63) is 12.2 Å². The maximum absolute atomic E-state index is 5.84. The second-order valence-corrected chi connectivity index (χ2v) is 3.19. The van der Waals surface area contributed by atoms with Gasteiger partial charge >= 0.3 is 0 Å². The molecule has 1 atom stereocenters. The van der Waals surface area contributed by atoms with Gasteiger partial charge in [0.1, 0.15) is 0 Å². The first-order chi connectivity index (χ1) is 5.33. The highest BCUT2D eigenvalue weighted by Gasteiger charge is 2.08. The van der Waals surface area contributed by atoms with Crippen LogP contribution >= 0.6 is 0 Å². The third-order valence-electron chi connectivity index (χ3n) is 2.16. The summed E-state index contributed by atoms with van der Waals surface area (Å²) >= 11 is 0. The van der Waals surface area contributed by atoms with Crippen molar-refractivity contribution in [2.45, 2.75) is 25.8 Å². The smallest absolute Gasteiger partial charge is 0.0165 e. The fourth-order valence-corrected chi connectivity index (χ4v) is 1.32. The molecule has 1 rings (SSSR count). The van der Waals surface area contributed by atoms with Crippen molar-refractivity contribution in [2.75, 3.05) is 19.6 Å². The molecule has 0 amide bonds. The summed E-state index contributed by atoms with van der Waals surface area (Å²) in [6.07, 6.45) is 6.75. The summed E-state index contributed by atoms with van der Waals surface area (Å²) in [5, 5.41) is 0. The van der Waals surface area contributed by atoms with E-state index in [-0.39, 0.29) is 0 Å². The van der Waals surface area contributed by atoms with Crippen molar-refractivity contribution in [1.82, 2.24) is 4.90 Å². The predicted molar refractivity (Wildman–Crippen MR) is 48.5 cm³/mol. The molecule has 0 radical (unpaired) electrons. The molecule has 2 heteroatoms. The first-order valence-electron chi connectivity index (χ1n) is 4.46. The van der Waals surface area contributed by atoms with Crippen molar-refractivity contribution < 1.29 is 0 Å². The molecule has 11 heavy (non-hydrogen) atoms. The van der Waals surface area contributed by atoms with Crippen LogP contribution in [0.25, 0.3) is 0 Å². The molecule has 64 valence electrons. The van der Waals surface area contributed by atoms with Gasteiger partial charge in [-0.15, -0.1) is 0 Å². The van der Waals surface area contributed by atoms with Gasteiger partial charge in [0.2, 0.25) is 0 Å². The quantitative estimate of drug-likeness (QED) is 0.614. The summed E-state index contributed by atoms with van der Waals surface area (Å²) in [5.74, 6) is 0. The molecule has 2 N–H and O–H groups in total. The number of hydrogen-bond donors (Lipinski definition) is 1. The fourth-order valence-electron chi connectivity index (χ4n) is 1.32. The van der Waals surface area contributed by atoms with E-state index in [9.17, 15) is 0 Å². The van der Waals surface area contributed by atoms with Crippen LogP contribution in [0.4, 0.5) is 0 Å². The number of hydrogen-bond acceptors (Lipinski definition) is 2. The monoisotopic (exact) mass is 154 g/mol. The maximum Gasteiger partial charge on any atom is 0.0165 e. The summed E-state index contributed by atoms with van der Waals surface area (Å²) in [6.45, 7) is 5.48. The first-order valence-corrected chi connectivity index (χ1v) is 4.46. The minimum absolute atomic E-state index is 0.362. The highest BCUT2D eigenvalue weighted by atomic mass is 15.1. The van der Waals surface area contributed by atoms with Gasteiger partial charge < -0.3 is 5.73 Å². The Bertz CT molecular complexity index is 132. The van der Waals surface area contributed by atoms with Gasteiger partial charge in [-0.1, -0.05) is 19.1 Å². The van der Waals surface area contributed by atoms with Crippen molar-refractivity contribution in [3.63, 3.8) is 0 Å². The molecule has 0 aromatic rings. The molecule has 2 nitrogen and oxygen atoms in total. The largest absolute Gasteiger partial charge is 0.327 e. The third-order valence-corrected chi connectivity index (χ3v) is 2.16. The van der Waals surface area contributed by atoms with Crippen LogP contribution in [0.2, 0.25) is 0 Å². The minimum Gasteiger partial charge on any atom is -0.327 e. The average molecular weight is 154 g/mol. The van der Waals surface area contributed by atoms with Gasteiger partial charge in [-0.05, 0) is 12.8 Å². The Hall–Kier alpha value is -0.340. The van der Waals surface area contributed by atoms with Crippen molar-refractivity contribution in [1.29, 1.82) is 0 Å². The lowest BCUT2D eigenvalue weighted by Gasteiger charge is -2.25. The molecule has 0 saturated heterocycles. The average Bonchev–Trinajstić information content (AvgIpc) is 2.06. The molecular weight excluding hydrogens is 136 g/mol. The van der Waals surface area contributed by atoms with Gasteiger partial charge in [-0.25, -0.2) is 0 Å². The molecule has 0 fully saturated rings.